The molecular formula is C16H19O5P. The van der Waals surface area contributed by atoms with Crippen molar-refractivity contribution in [3.05, 3.63) is 71.8 Å². The van der Waals surface area contributed by atoms with Gasteiger partial charge in [-0.15, -0.1) is 0 Å². The quantitative estimate of drug-likeness (QED) is 0.590. The summed E-state index contributed by atoms with van der Waals surface area (Å²) in [4.78, 5) is 0. The van der Waals surface area contributed by atoms with Crippen LogP contribution in [-0.4, -0.2) is 11.4 Å². The molecule has 0 saturated heterocycles. The second-order valence-corrected chi connectivity index (χ2v) is 6.29. The van der Waals surface area contributed by atoms with Gasteiger partial charge in [-0.3, -0.25) is 13.6 Å². The van der Waals surface area contributed by atoms with Crippen LogP contribution in [0, 0.1) is 0 Å². The second-order valence-electron chi connectivity index (χ2n) is 4.67. The fourth-order valence-corrected chi connectivity index (χ4v) is 2.92. The van der Waals surface area contributed by atoms with E-state index in [1.807, 2.05) is 60.7 Å². The van der Waals surface area contributed by atoms with E-state index in [1.165, 1.54) is 6.92 Å². The van der Waals surface area contributed by atoms with E-state index in [1.54, 1.807) is 0 Å². The van der Waals surface area contributed by atoms with E-state index in [0.717, 1.165) is 11.1 Å². The van der Waals surface area contributed by atoms with Crippen molar-refractivity contribution in [2.45, 2.75) is 26.4 Å². The van der Waals surface area contributed by atoms with E-state index >= 15 is 0 Å². The standard InChI is InChI=1S/C16H19O5P/c1-14(17)21-22(18,19-12-15-8-4-2-5-9-15)20-13-16-10-6-3-7-11-16/h2-11,14,17H,12-13H2,1H3. The van der Waals surface area contributed by atoms with E-state index in [-0.39, 0.29) is 13.2 Å². The number of phosphoric ester groups is 1. The molecule has 1 atom stereocenters. The third-order valence-electron chi connectivity index (χ3n) is 2.75. The van der Waals surface area contributed by atoms with Crippen molar-refractivity contribution in [1.82, 2.24) is 0 Å². The minimum absolute atomic E-state index is 0.0691. The summed E-state index contributed by atoms with van der Waals surface area (Å²) in [5.74, 6) is 0. The summed E-state index contributed by atoms with van der Waals surface area (Å²) in [6.07, 6.45) is -1.25. The topological polar surface area (TPSA) is 65.0 Å². The van der Waals surface area contributed by atoms with Crippen LogP contribution in [0.3, 0.4) is 0 Å². The molecule has 0 aliphatic rings. The van der Waals surface area contributed by atoms with E-state index in [9.17, 15) is 9.67 Å². The number of phosphoric acid groups is 1. The molecule has 0 spiro atoms. The molecule has 0 amide bonds. The van der Waals surface area contributed by atoms with Crippen molar-refractivity contribution in [3.63, 3.8) is 0 Å². The number of aliphatic hydroxyl groups excluding tert-OH is 1. The minimum Gasteiger partial charge on any atom is -0.368 e. The highest BCUT2D eigenvalue weighted by molar-refractivity contribution is 7.48. The van der Waals surface area contributed by atoms with Crippen LogP contribution < -0.4 is 0 Å². The van der Waals surface area contributed by atoms with Crippen LogP contribution >= 0.6 is 7.82 Å². The van der Waals surface area contributed by atoms with Crippen LogP contribution in [0.4, 0.5) is 0 Å². The monoisotopic (exact) mass is 322 g/mol. The lowest BCUT2D eigenvalue weighted by Crippen LogP contribution is -2.09. The summed E-state index contributed by atoms with van der Waals surface area (Å²) in [6.45, 7) is 1.49. The number of rotatable bonds is 8. The van der Waals surface area contributed by atoms with Crippen molar-refractivity contribution < 1.29 is 23.2 Å². The number of hydrogen-bond donors (Lipinski definition) is 1. The van der Waals surface area contributed by atoms with E-state index < -0.39 is 14.1 Å². The van der Waals surface area contributed by atoms with Gasteiger partial charge in [0.25, 0.3) is 0 Å². The molecule has 2 aromatic carbocycles. The molecule has 2 rings (SSSR count). The summed E-state index contributed by atoms with van der Waals surface area (Å²) < 4.78 is 28.1. The van der Waals surface area contributed by atoms with E-state index in [2.05, 4.69) is 0 Å². The highest BCUT2D eigenvalue weighted by Gasteiger charge is 2.29. The Balaban J connectivity index is 1.98. The summed E-state index contributed by atoms with van der Waals surface area (Å²) >= 11 is 0. The Morgan fingerprint density at radius 2 is 1.32 bits per heavy atom. The maximum absolute atomic E-state index is 12.5. The average Bonchev–Trinajstić information content (AvgIpc) is 2.53. The zero-order valence-corrected chi connectivity index (χ0v) is 13.2. The smallest absolute Gasteiger partial charge is 0.368 e. The van der Waals surface area contributed by atoms with Crippen molar-refractivity contribution in [2.75, 3.05) is 0 Å². The maximum atomic E-state index is 12.5. The first kappa shape index (κ1) is 16.9. The van der Waals surface area contributed by atoms with Crippen LogP contribution in [-0.2, 0) is 31.4 Å². The number of hydrogen-bond acceptors (Lipinski definition) is 5. The maximum Gasteiger partial charge on any atom is 0.477 e. The van der Waals surface area contributed by atoms with Crippen molar-refractivity contribution in [1.29, 1.82) is 0 Å². The largest absolute Gasteiger partial charge is 0.477 e. The Morgan fingerprint density at radius 1 is 0.909 bits per heavy atom. The molecule has 1 N–H and O–H groups in total. The fourth-order valence-electron chi connectivity index (χ4n) is 1.74. The predicted octanol–water partition coefficient (Wildman–Crippen LogP) is 3.88. The molecule has 22 heavy (non-hydrogen) atoms. The molecule has 0 aromatic heterocycles. The van der Waals surface area contributed by atoms with Gasteiger partial charge in [-0.1, -0.05) is 60.7 Å². The molecule has 0 bridgehead atoms. The third kappa shape index (κ3) is 5.72. The Morgan fingerprint density at radius 3 is 1.68 bits per heavy atom. The first-order chi connectivity index (χ1) is 10.6. The molecule has 118 valence electrons. The van der Waals surface area contributed by atoms with Crippen molar-refractivity contribution in [2.24, 2.45) is 0 Å². The van der Waals surface area contributed by atoms with Gasteiger partial charge in [-0.05, 0) is 18.1 Å². The van der Waals surface area contributed by atoms with Crippen LogP contribution in [0.15, 0.2) is 60.7 Å². The normalized spacial score (nSPS) is 13.0. The first-order valence-corrected chi connectivity index (χ1v) is 8.37. The van der Waals surface area contributed by atoms with E-state index in [0.29, 0.717) is 0 Å². The lowest BCUT2D eigenvalue weighted by Gasteiger charge is -2.19. The lowest BCUT2D eigenvalue weighted by molar-refractivity contribution is -0.0376. The molecule has 0 fully saturated rings. The van der Waals surface area contributed by atoms with Gasteiger partial charge in [0.15, 0.2) is 6.29 Å². The molecule has 0 saturated carbocycles. The highest BCUT2D eigenvalue weighted by atomic mass is 31.2. The molecular weight excluding hydrogens is 303 g/mol. The van der Waals surface area contributed by atoms with Gasteiger partial charge in [0.2, 0.25) is 0 Å². The summed E-state index contributed by atoms with van der Waals surface area (Å²) in [6, 6.07) is 18.5. The van der Waals surface area contributed by atoms with Crippen LogP contribution in [0.2, 0.25) is 0 Å². The molecule has 6 heteroatoms. The predicted molar refractivity (Wildman–Crippen MR) is 82.8 cm³/mol. The van der Waals surface area contributed by atoms with Crippen molar-refractivity contribution >= 4 is 7.82 Å². The Bertz CT molecular complexity index is 553. The lowest BCUT2D eigenvalue weighted by atomic mass is 10.2. The molecule has 0 radical (unpaired) electrons. The minimum atomic E-state index is -3.86. The van der Waals surface area contributed by atoms with Crippen LogP contribution in [0.25, 0.3) is 0 Å². The molecule has 1 unspecified atom stereocenters. The zero-order chi connectivity index (χ0) is 15.8. The Labute approximate surface area is 130 Å². The number of benzene rings is 2. The first-order valence-electron chi connectivity index (χ1n) is 6.91. The molecule has 5 nitrogen and oxygen atoms in total. The van der Waals surface area contributed by atoms with Crippen LogP contribution in [0.1, 0.15) is 18.1 Å². The van der Waals surface area contributed by atoms with Crippen LogP contribution in [0.5, 0.6) is 0 Å². The summed E-state index contributed by atoms with van der Waals surface area (Å²) in [5.41, 5.74) is 1.67. The molecule has 0 aliphatic heterocycles. The van der Waals surface area contributed by atoms with Gasteiger partial charge in [0, 0.05) is 0 Å². The third-order valence-corrected chi connectivity index (χ3v) is 4.20. The average molecular weight is 322 g/mol. The van der Waals surface area contributed by atoms with Crippen molar-refractivity contribution in [3.8, 4) is 0 Å². The van der Waals surface area contributed by atoms with Gasteiger partial charge in [0.1, 0.15) is 0 Å². The summed E-state index contributed by atoms with van der Waals surface area (Å²) in [5, 5.41) is 9.33. The zero-order valence-electron chi connectivity index (χ0n) is 12.3. The molecule has 0 heterocycles. The van der Waals surface area contributed by atoms with E-state index in [4.69, 9.17) is 13.6 Å². The van der Waals surface area contributed by atoms with Gasteiger partial charge < -0.3 is 5.11 Å². The highest BCUT2D eigenvalue weighted by Crippen LogP contribution is 2.51. The van der Waals surface area contributed by atoms with Gasteiger partial charge in [-0.2, -0.15) is 0 Å². The molecule has 2 aromatic rings. The Kier molecular flexibility index (Phi) is 6.31. The Hall–Kier alpha value is -1.49. The van der Waals surface area contributed by atoms with Gasteiger partial charge in [0.05, 0.1) is 13.2 Å². The fraction of sp³-hybridized carbons (Fsp3) is 0.250. The second kappa shape index (κ2) is 8.22. The molecule has 0 aliphatic carbocycles. The van der Waals surface area contributed by atoms with Gasteiger partial charge in [-0.25, -0.2) is 4.57 Å². The number of aliphatic hydroxyl groups is 1. The summed E-state index contributed by atoms with van der Waals surface area (Å²) in [7, 11) is -3.86. The van der Waals surface area contributed by atoms with Gasteiger partial charge >= 0.3 is 7.82 Å². The SMILES string of the molecule is CC(O)OP(=O)(OCc1ccccc1)OCc1ccccc1.